The van der Waals surface area contributed by atoms with Gasteiger partial charge in [-0.25, -0.2) is 4.98 Å². The molecular weight excluding hydrogens is 218 g/mol. The van der Waals surface area contributed by atoms with E-state index in [2.05, 4.69) is 4.98 Å². The highest BCUT2D eigenvalue weighted by Gasteiger charge is 2.10. The predicted molar refractivity (Wildman–Crippen MR) is 64.4 cm³/mol. The largest absolute Gasteiger partial charge is 0.480 e. The molecular formula is C12H13N3O2. The van der Waals surface area contributed by atoms with Crippen LogP contribution in [0.3, 0.4) is 0 Å². The molecule has 17 heavy (non-hydrogen) atoms. The number of aryl methyl sites for hydroxylation is 1. The second kappa shape index (κ2) is 4.29. The molecule has 1 aromatic carbocycles. The van der Waals surface area contributed by atoms with Crippen LogP contribution in [-0.4, -0.2) is 20.6 Å². The maximum Gasteiger partial charge on any atom is 0.323 e. The van der Waals surface area contributed by atoms with Crippen LogP contribution in [0.1, 0.15) is 5.69 Å². The van der Waals surface area contributed by atoms with Crippen molar-refractivity contribution in [1.82, 2.24) is 9.55 Å². The zero-order valence-electron chi connectivity index (χ0n) is 9.42. The first-order valence-corrected chi connectivity index (χ1v) is 5.18. The molecule has 5 nitrogen and oxygen atoms in total. The molecule has 1 heterocycles. The van der Waals surface area contributed by atoms with E-state index in [1.807, 2.05) is 19.1 Å². The second-order valence-electron chi connectivity index (χ2n) is 3.85. The van der Waals surface area contributed by atoms with Gasteiger partial charge in [0.05, 0.1) is 5.69 Å². The molecule has 0 aliphatic rings. The zero-order valence-corrected chi connectivity index (χ0v) is 9.42. The van der Waals surface area contributed by atoms with Crippen LogP contribution in [0.5, 0.6) is 0 Å². The van der Waals surface area contributed by atoms with Crippen molar-refractivity contribution in [1.29, 1.82) is 0 Å². The highest BCUT2D eigenvalue weighted by atomic mass is 16.4. The van der Waals surface area contributed by atoms with Crippen LogP contribution in [-0.2, 0) is 11.3 Å². The number of anilines is 1. The first-order chi connectivity index (χ1) is 8.06. The van der Waals surface area contributed by atoms with Crippen LogP contribution < -0.4 is 5.73 Å². The summed E-state index contributed by atoms with van der Waals surface area (Å²) >= 11 is 0. The molecule has 0 amide bonds. The lowest BCUT2D eigenvalue weighted by Gasteiger charge is -2.05. The molecule has 0 saturated carbocycles. The van der Waals surface area contributed by atoms with Crippen LogP contribution in [0.4, 0.5) is 5.69 Å². The van der Waals surface area contributed by atoms with Gasteiger partial charge < -0.3 is 15.4 Å². The van der Waals surface area contributed by atoms with Crippen LogP contribution in [0.15, 0.2) is 30.5 Å². The summed E-state index contributed by atoms with van der Waals surface area (Å²) in [4.78, 5) is 15.1. The van der Waals surface area contributed by atoms with Crippen molar-refractivity contribution in [2.24, 2.45) is 0 Å². The lowest BCUT2D eigenvalue weighted by molar-refractivity contribution is -0.137. The lowest BCUT2D eigenvalue weighted by Crippen LogP contribution is -2.09. The maximum atomic E-state index is 10.8. The zero-order chi connectivity index (χ0) is 12.4. The molecule has 0 atom stereocenters. The number of carboxylic acids is 1. The van der Waals surface area contributed by atoms with Gasteiger partial charge in [0.1, 0.15) is 12.4 Å². The van der Waals surface area contributed by atoms with Crippen molar-refractivity contribution < 1.29 is 9.90 Å². The SMILES string of the molecule is Cc1cn(CC(=O)O)c(-c2cccc(N)c2)n1. The number of aliphatic carboxylic acids is 1. The third-order valence-corrected chi connectivity index (χ3v) is 2.35. The Kier molecular flexibility index (Phi) is 2.82. The summed E-state index contributed by atoms with van der Waals surface area (Å²) in [7, 11) is 0. The maximum absolute atomic E-state index is 10.8. The van der Waals surface area contributed by atoms with Gasteiger partial charge in [-0.15, -0.1) is 0 Å². The Balaban J connectivity index is 2.47. The Hall–Kier alpha value is -2.30. The number of benzene rings is 1. The minimum atomic E-state index is -0.896. The fourth-order valence-electron chi connectivity index (χ4n) is 1.72. The van der Waals surface area contributed by atoms with Gasteiger partial charge in [0, 0.05) is 17.4 Å². The molecule has 88 valence electrons. The molecule has 0 aliphatic carbocycles. The van der Waals surface area contributed by atoms with E-state index in [9.17, 15) is 4.79 Å². The summed E-state index contributed by atoms with van der Waals surface area (Å²) in [6.45, 7) is 1.72. The smallest absolute Gasteiger partial charge is 0.323 e. The molecule has 0 fully saturated rings. The van der Waals surface area contributed by atoms with Crippen molar-refractivity contribution in [3.63, 3.8) is 0 Å². The van der Waals surface area contributed by atoms with E-state index < -0.39 is 5.97 Å². The van der Waals surface area contributed by atoms with E-state index in [0.29, 0.717) is 11.5 Å². The Labute approximate surface area is 98.5 Å². The first kappa shape index (κ1) is 11.2. The van der Waals surface area contributed by atoms with Crippen molar-refractivity contribution in [2.45, 2.75) is 13.5 Å². The van der Waals surface area contributed by atoms with E-state index in [-0.39, 0.29) is 6.54 Å². The average Bonchev–Trinajstić information content (AvgIpc) is 2.58. The first-order valence-electron chi connectivity index (χ1n) is 5.18. The van der Waals surface area contributed by atoms with Gasteiger partial charge in [-0.1, -0.05) is 12.1 Å². The van der Waals surface area contributed by atoms with Crippen LogP contribution in [0.25, 0.3) is 11.4 Å². The Morgan fingerprint density at radius 3 is 2.94 bits per heavy atom. The summed E-state index contributed by atoms with van der Waals surface area (Å²) in [5.41, 5.74) is 7.93. The number of carbonyl (C=O) groups is 1. The minimum Gasteiger partial charge on any atom is -0.480 e. The summed E-state index contributed by atoms with van der Waals surface area (Å²) < 4.78 is 1.60. The average molecular weight is 231 g/mol. The third kappa shape index (κ3) is 2.44. The molecule has 5 heteroatoms. The quantitative estimate of drug-likeness (QED) is 0.785. The van der Waals surface area contributed by atoms with Crippen LogP contribution in [0.2, 0.25) is 0 Å². The Morgan fingerprint density at radius 2 is 2.29 bits per heavy atom. The molecule has 0 radical (unpaired) electrons. The van der Waals surface area contributed by atoms with E-state index >= 15 is 0 Å². The topological polar surface area (TPSA) is 81.1 Å². The van der Waals surface area contributed by atoms with Gasteiger partial charge in [0.15, 0.2) is 0 Å². The third-order valence-electron chi connectivity index (χ3n) is 2.35. The van der Waals surface area contributed by atoms with E-state index in [1.54, 1.807) is 22.9 Å². The molecule has 0 aliphatic heterocycles. The monoisotopic (exact) mass is 231 g/mol. The van der Waals surface area contributed by atoms with Gasteiger partial charge in [-0.3, -0.25) is 4.79 Å². The van der Waals surface area contributed by atoms with Crippen molar-refractivity contribution in [3.05, 3.63) is 36.2 Å². The molecule has 2 aromatic rings. The number of carboxylic acid groups (broad SMARTS) is 1. The van der Waals surface area contributed by atoms with E-state index in [1.165, 1.54) is 0 Å². The minimum absolute atomic E-state index is 0.106. The number of imidazole rings is 1. The van der Waals surface area contributed by atoms with Gasteiger partial charge in [-0.05, 0) is 19.1 Å². The number of nitrogen functional groups attached to an aromatic ring is 1. The second-order valence-corrected chi connectivity index (χ2v) is 3.85. The molecule has 0 spiro atoms. The number of nitrogens with zero attached hydrogens (tertiary/aromatic N) is 2. The Morgan fingerprint density at radius 1 is 1.53 bits per heavy atom. The fraction of sp³-hybridized carbons (Fsp3) is 0.167. The van der Waals surface area contributed by atoms with Crippen molar-refractivity contribution >= 4 is 11.7 Å². The molecule has 0 bridgehead atoms. The number of nitrogens with two attached hydrogens (primary N) is 1. The number of hydrogen-bond donors (Lipinski definition) is 2. The highest BCUT2D eigenvalue weighted by molar-refractivity contribution is 5.69. The van der Waals surface area contributed by atoms with E-state index in [0.717, 1.165) is 11.3 Å². The van der Waals surface area contributed by atoms with Gasteiger partial charge in [0.2, 0.25) is 0 Å². The van der Waals surface area contributed by atoms with Crippen LogP contribution >= 0.6 is 0 Å². The summed E-state index contributed by atoms with van der Waals surface area (Å²) in [5, 5.41) is 8.83. The fourth-order valence-corrected chi connectivity index (χ4v) is 1.72. The van der Waals surface area contributed by atoms with Gasteiger partial charge >= 0.3 is 5.97 Å². The van der Waals surface area contributed by atoms with E-state index in [4.69, 9.17) is 10.8 Å². The molecule has 2 rings (SSSR count). The standard InChI is InChI=1S/C12H13N3O2/c1-8-6-15(7-11(16)17)12(14-8)9-3-2-4-10(13)5-9/h2-6H,7,13H2,1H3,(H,16,17). The predicted octanol–water partition coefficient (Wildman–Crippen LogP) is 1.53. The summed E-state index contributed by atoms with van der Waals surface area (Å²) in [5.74, 6) is -0.273. The summed E-state index contributed by atoms with van der Waals surface area (Å²) in [6.07, 6.45) is 1.71. The summed E-state index contributed by atoms with van der Waals surface area (Å²) in [6, 6.07) is 7.23. The van der Waals surface area contributed by atoms with Gasteiger partial charge in [-0.2, -0.15) is 0 Å². The number of rotatable bonds is 3. The molecule has 1 aromatic heterocycles. The molecule has 0 saturated heterocycles. The van der Waals surface area contributed by atoms with Gasteiger partial charge in [0.25, 0.3) is 0 Å². The Bertz CT molecular complexity index is 561. The normalized spacial score (nSPS) is 10.4. The lowest BCUT2D eigenvalue weighted by atomic mass is 10.2. The van der Waals surface area contributed by atoms with Crippen molar-refractivity contribution in [3.8, 4) is 11.4 Å². The highest BCUT2D eigenvalue weighted by Crippen LogP contribution is 2.21. The molecule has 3 N–H and O–H groups in total. The molecule has 0 unspecified atom stereocenters. The number of hydrogen-bond acceptors (Lipinski definition) is 3. The van der Waals surface area contributed by atoms with Crippen LogP contribution in [0, 0.1) is 6.92 Å². The van der Waals surface area contributed by atoms with Crippen molar-refractivity contribution in [2.75, 3.05) is 5.73 Å². The number of aromatic nitrogens is 2.